The summed E-state index contributed by atoms with van der Waals surface area (Å²) in [4.78, 5) is 12.1. The lowest BCUT2D eigenvalue weighted by molar-refractivity contribution is 0.215. The van der Waals surface area contributed by atoms with Gasteiger partial charge in [0.25, 0.3) is 0 Å². The highest BCUT2D eigenvalue weighted by atomic mass is 35.5. The van der Waals surface area contributed by atoms with E-state index in [1.165, 1.54) is 45.1 Å². The number of pyridine rings is 1. The van der Waals surface area contributed by atoms with Gasteiger partial charge >= 0.3 is 0 Å². The molecule has 1 aromatic carbocycles. The van der Waals surface area contributed by atoms with E-state index in [2.05, 4.69) is 19.7 Å². The van der Waals surface area contributed by atoms with Crippen LogP contribution in [0.5, 0.6) is 0 Å². The van der Waals surface area contributed by atoms with Crippen LogP contribution in [0.2, 0.25) is 5.02 Å². The predicted octanol–water partition coefficient (Wildman–Crippen LogP) is 3.76. The van der Waals surface area contributed by atoms with Crippen LogP contribution in [0.25, 0.3) is 11.1 Å². The van der Waals surface area contributed by atoms with Crippen LogP contribution in [0.15, 0.2) is 36.5 Å². The maximum atomic E-state index is 13.3. The average molecular weight is 389 g/mol. The van der Waals surface area contributed by atoms with Crippen LogP contribution in [0.1, 0.15) is 12.8 Å². The second-order valence-corrected chi connectivity index (χ2v) is 7.82. The zero-order chi connectivity index (χ0) is 18.6. The van der Waals surface area contributed by atoms with Crippen molar-refractivity contribution in [3.63, 3.8) is 0 Å². The van der Waals surface area contributed by atoms with Crippen LogP contribution < -0.4 is 4.90 Å². The summed E-state index contributed by atoms with van der Waals surface area (Å²) in [5, 5.41) is 0.140. The standard InChI is InChI=1S/C21H26ClFN4/c22-19-15-17(3-5-20(19)23)18-4-6-21(24-16-18)27-13-11-26(12-14-27)10-9-25-7-1-2-8-25/h3-6,15-16H,1-2,7-14H2. The van der Waals surface area contributed by atoms with Crippen molar-refractivity contribution in [3.05, 3.63) is 47.4 Å². The van der Waals surface area contributed by atoms with Crippen molar-refractivity contribution < 1.29 is 4.39 Å². The van der Waals surface area contributed by atoms with Crippen molar-refractivity contribution in [1.29, 1.82) is 0 Å². The fraction of sp³-hybridized carbons (Fsp3) is 0.476. The molecule has 0 bridgehead atoms. The van der Waals surface area contributed by atoms with E-state index in [1.54, 1.807) is 12.1 Å². The topological polar surface area (TPSA) is 22.6 Å². The summed E-state index contributed by atoms with van der Waals surface area (Å²) >= 11 is 5.89. The molecule has 0 atom stereocenters. The van der Waals surface area contributed by atoms with E-state index in [-0.39, 0.29) is 5.02 Å². The first kappa shape index (κ1) is 18.7. The van der Waals surface area contributed by atoms with Crippen molar-refractivity contribution in [2.45, 2.75) is 12.8 Å². The monoisotopic (exact) mass is 388 g/mol. The third-order valence-electron chi connectivity index (χ3n) is 5.63. The number of halogens is 2. The van der Waals surface area contributed by atoms with Crippen molar-refractivity contribution >= 4 is 17.4 Å². The number of hydrogen-bond acceptors (Lipinski definition) is 4. The van der Waals surface area contributed by atoms with Crippen molar-refractivity contribution in [2.24, 2.45) is 0 Å². The fourth-order valence-corrected chi connectivity index (χ4v) is 4.09. The van der Waals surface area contributed by atoms with Gasteiger partial charge in [-0.1, -0.05) is 17.7 Å². The summed E-state index contributed by atoms with van der Waals surface area (Å²) in [6.07, 6.45) is 4.57. The second-order valence-electron chi connectivity index (χ2n) is 7.41. The Morgan fingerprint density at radius 3 is 2.15 bits per heavy atom. The number of likely N-dealkylation sites (tertiary alicyclic amines) is 1. The minimum atomic E-state index is -0.396. The van der Waals surface area contributed by atoms with Gasteiger partial charge in [-0.15, -0.1) is 0 Å². The van der Waals surface area contributed by atoms with Gasteiger partial charge < -0.3 is 9.80 Å². The molecule has 27 heavy (non-hydrogen) atoms. The first-order valence-corrected chi connectivity index (χ1v) is 10.2. The van der Waals surface area contributed by atoms with Gasteiger partial charge in [0, 0.05) is 51.0 Å². The molecular formula is C21H26ClFN4. The first-order valence-electron chi connectivity index (χ1n) is 9.80. The molecule has 0 N–H and O–H groups in total. The molecule has 144 valence electrons. The second kappa shape index (κ2) is 8.55. The number of hydrogen-bond donors (Lipinski definition) is 0. The summed E-state index contributed by atoms with van der Waals surface area (Å²) in [5.74, 6) is 0.610. The number of rotatable bonds is 5. The normalized spacial score (nSPS) is 19.0. The Balaban J connectivity index is 1.31. The van der Waals surface area contributed by atoms with Crippen molar-refractivity contribution in [1.82, 2.24) is 14.8 Å². The Labute approximate surface area is 165 Å². The molecule has 0 radical (unpaired) electrons. The molecule has 2 aliphatic heterocycles. The highest BCUT2D eigenvalue weighted by molar-refractivity contribution is 6.31. The lowest BCUT2D eigenvalue weighted by Gasteiger charge is -2.36. The molecule has 1 aromatic heterocycles. The molecule has 2 aromatic rings. The maximum Gasteiger partial charge on any atom is 0.141 e. The van der Waals surface area contributed by atoms with Crippen molar-refractivity contribution in [2.75, 3.05) is 57.3 Å². The van der Waals surface area contributed by atoms with Crippen molar-refractivity contribution in [3.8, 4) is 11.1 Å². The minimum Gasteiger partial charge on any atom is -0.354 e. The molecule has 6 heteroatoms. The van der Waals surface area contributed by atoms with Gasteiger partial charge in [0.05, 0.1) is 5.02 Å². The maximum absolute atomic E-state index is 13.3. The van der Waals surface area contributed by atoms with Gasteiger partial charge in [0.1, 0.15) is 11.6 Å². The van der Waals surface area contributed by atoms with E-state index in [0.717, 1.165) is 43.1 Å². The minimum absolute atomic E-state index is 0.140. The SMILES string of the molecule is Fc1ccc(-c2ccc(N3CCN(CCN4CCCC4)CC3)nc2)cc1Cl. The molecule has 2 fully saturated rings. The van der Waals surface area contributed by atoms with E-state index in [9.17, 15) is 4.39 Å². The molecule has 0 aliphatic carbocycles. The van der Waals surface area contributed by atoms with Crippen LogP contribution in [0.4, 0.5) is 10.2 Å². The first-order chi connectivity index (χ1) is 13.2. The summed E-state index contributed by atoms with van der Waals surface area (Å²) in [6.45, 7) is 9.11. The van der Waals surface area contributed by atoms with E-state index in [0.29, 0.717) is 0 Å². The van der Waals surface area contributed by atoms with Gasteiger partial charge in [-0.2, -0.15) is 0 Å². The van der Waals surface area contributed by atoms with Crippen LogP contribution in [-0.4, -0.2) is 67.1 Å². The Hall–Kier alpha value is -1.69. The molecule has 3 heterocycles. The van der Waals surface area contributed by atoms with Crippen LogP contribution in [0, 0.1) is 5.82 Å². The Morgan fingerprint density at radius 1 is 0.852 bits per heavy atom. The lowest BCUT2D eigenvalue weighted by Crippen LogP contribution is -2.48. The molecule has 0 spiro atoms. The van der Waals surface area contributed by atoms with Crippen LogP contribution in [-0.2, 0) is 0 Å². The number of aromatic nitrogens is 1. The Kier molecular flexibility index (Phi) is 5.91. The Bertz CT molecular complexity index is 753. The quantitative estimate of drug-likeness (QED) is 0.777. The summed E-state index contributed by atoms with van der Waals surface area (Å²) in [5.41, 5.74) is 1.83. The molecular weight excluding hydrogens is 363 g/mol. The molecule has 4 nitrogen and oxygen atoms in total. The Morgan fingerprint density at radius 2 is 1.52 bits per heavy atom. The predicted molar refractivity (Wildman–Crippen MR) is 109 cm³/mol. The molecule has 0 amide bonds. The fourth-order valence-electron chi connectivity index (χ4n) is 3.91. The summed E-state index contributed by atoms with van der Waals surface area (Å²) in [6, 6.07) is 8.86. The molecule has 0 saturated carbocycles. The van der Waals surface area contributed by atoms with Gasteiger partial charge in [0.2, 0.25) is 0 Å². The largest absolute Gasteiger partial charge is 0.354 e. The average Bonchev–Trinajstić information content (AvgIpc) is 3.23. The molecule has 2 aliphatic rings. The number of benzene rings is 1. The van der Waals surface area contributed by atoms with E-state index in [4.69, 9.17) is 11.6 Å². The zero-order valence-electron chi connectivity index (χ0n) is 15.6. The van der Waals surface area contributed by atoms with Gasteiger partial charge in [0.15, 0.2) is 0 Å². The van der Waals surface area contributed by atoms with Crippen LogP contribution in [0.3, 0.4) is 0 Å². The molecule has 2 saturated heterocycles. The van der Waals surface area contributed by atoms with E-state index >= 15 is 0 Å². The number of anilines is 1. The summed E-state index contributed by atoms with van der Waals surface area (Å²) < 4.78 is 13.3. The highest BCUT2D eigenvalue weighted by Gasteiger charge is 2.19. The summed E-state index contributed by atoms with van der Waals surface area (Å²) in [7, 11) is 0. The van der Waals surface area contributed by atoms with E-state index < -0.39 is 5.82 Å². The van der Waals surface area contributed by atoms with Gasteiger partial charge in [-0.05, 0) is 55.8 Å². The van der Waals surface area contributed by atoms with Crippen LogP contribution >= 0.6 is 11.6 Å². The molecule has 4 rings (SSSR count). The third-order valence-corrected chi connectivity index (χ3v) is 5.92. The number of piperazine rings is 1. The van der Waals surface area contributed by atoms with Gasteiger partial charge in [-0.3, -0.25) is 4.90 Å². The third kappa shape index (κ3) is 4.60. The van der Waals surface area contributed by atoms with Gasteiger partial charge in [-0.25, -0.2) is 9.37 Å². The molecule has 0 unspecified atom stereocenters. The van der Waals surface area contributed by atoms with E-state index in [1.807, 2.05) is 18.3 Å². The smallest absolute Gasteiger partial charge is 0.141 e. The lowest BCUT2D eigenvalue weighted by atomic mass is 10.1. The number of nitrogens with zero attached hydrogens (tertiary/aromatic N) is 4. The highest BCUT2D eigenvalue weighted by Crippen LogP contribution is 2.26. The zero-order valence-corrected chi connectivity index (χ0v) is 16.3.